The highest BCUT2D eigenvalue weighted by Crippen LogP contribution is 2.34. The van der Waals surface area contributed by atoms with Gasteiger partial charge >= 0.3 is 0 Å². The second-order valence-corrected chi connectivity index (χ2v) is 9.50. The number of imidazole rings is 1. The SMILES string of the molecule is CC(C)N(Cc1ccccc1)C(=O)Cn1c(C2CC(=O)N(c3ccccc3F)C2)nc2ccccc21. The first kappa shape index (κ1) is 23.7. The molecule has 5 rings (SSSR count). The largest absolute Gasteiger partial charge is 0.334 e. The lowest BCUT2D eigenvalue weighted by atomic mass is 10.1. The number of amides is 2. The molecule has 0 bridgehead atoms. The molecule has 3 aromatic carbocycles. The number of carbonyl (C=O) groups is 2. The van der Waals surface area contributed by atoms with E-state index < -0.39 is 5.82 Å². The van der Waals surface area contributed by atoms with E-state index in [9.17, 15) is 14.0 Å². The Kier molecular flexibility index (Phi) is 6.55. The molecule has 7 heteroatoms. The number of nitrogens with zero attached hydrogens (tertiary/aromatic N) is 4. The van der Waals surface area contributed by atoms with Gasteiger partial charge in [-0.25, -0.2) is 9.37 Å². The first-order chi connectivity index (χ1) is 17.4. The van der Waals surface area contributed by atoms with Gasteiger partial charge in [0.05, 0.1) is 16.7 Å². The summed E-state index contributed by atoms with van der Waals surface area (Å²) in [5, 5.41) is 0. The van der Waals surface area contributed by atoms with E-state index in [1.165, 1.54) is 11.0 Å². The molecule has 0 aliphatic carbocycles. The summed E-state index contributed by atoms with van der Waals surface area (Å²) in [5.41, 5.74) is 2.96. The molecule has 0 N–H and O–H groups in total. The molecule has 0 spiro atoms. The maximum absolute atomic E-state index is 14.4. The third-order valence-electron chi connectivity index (χ3n) is 6.75. The zero-order chi connectivity index (χ0) is 25.2. The van der Waals surface area contributed by atoms with Crippen LogP contribution in [0.4, 0.5) is 10.1 Å². The van der Waals surface area contributed by atoms with Gasteiger partial charge in [0, 0.05) is 31.5 Å². The lowest BCUT2D eigenvalue weighted by Gasteiger charge is -2.28. The standard InChI is InChI=1S/C29H29FN4O2/c1-20(2)32(17-21-10-4-3-5-11-21)28(36)19-34-26-15-9-7-13-24(26)31-29(34)22-16-27(35)33(18-22)25-14-8-6-12-23(25)30/h3-15,20,22H,16-19H2,1-2H3. The highest BCUT2D eigenvalue weighted by atomic mass is 19.1. The molecule has 1 saturated heterocycles. The molecule has 4 aromatic rings. The van der Waals surface area contributed by atoms with Gasteiger partial charge in [-0.1, -0.05) is 54.6 Å². The van der Waals surface area contributed by atoms with Gasteiger partial charge in [-0.05, 0) is 43.7 Å². The zero-order valence-electron chi connectivity index (χ0n) is 20.5. The van der Waals surface area contributed by atoms with Crippen molar-refractivity contribution in [2.45, 2.75) is 45.3 Å². The highest BCUT2D eigenvalue weighted by molar-refractivity contribution is 5.96. The Balaban J connectivity index is 1.46. The zero-order valence-corrected chi connectivity index (χ0v) is 20.5. The van der Waals surface area contributed by atoms with E-state index in [-0.39, 0.29) is 42.4 Å². The van der Waals surface area contributed by atoms with Gasteiger partial charge in [0.1, 0.15) is 18.2 Å². The average Bonchev–Trinajstić information content (AvgIpc) is 3.43. The number of para-hydroxylation sites is 3. The molecular formula is C29H29FN4O2. The number of hydrogen-bond donors (Lipinski definition) is 0. The third kappa shape index (κ3) is 4.61. The monoisotopic (exact) mass is 484 g/mol. The molecule has 0 saturated carbocycles. The van der Waals surface area contributed by atoms with Crippen molar-refractivity contribution in [1.82, 2.24) is 14.5 Å². The number of fused-ring (bicyclic) bond motifs is 1. The van der Waals surface area contributed by atoms with E-state index in [4.69, 9.17) is 4.98 Å². The van der Waals surface area contributed by atoms with Crippen LogP contribution >= 0.6 is 0 Å². The number of halogens is 1. The topological polar surface area (TPSA) is 58.4 Å². The van der Waals surface area contributed by atoms with E-state index in [2.05, 4.69) is 0 Å². The van der Waals surface area contributed by atoms with Crippen molar-refractivity contribution in [3.8, 4) is 0 Å². The van der Waals surface area contributed by atoms with Crippen LogP contribution < -0.4 is 4.90 Å². The van der Waals surface area contributed by atoms with Gasteiger partial charge in [-0.15, -0.1) is 0 Å². The summed E-state index contributed by atoms with van der Waals surface area (Å²) in [6, 6.07) is 23.9. The number of anilines is 1. The summed E-state index contributed by atoms with van der Waals surface area (Å²) in [7, 11) is 0. The summed E-state index contributed by atoms with van der Waals surface area (Å²) < 4.78 is 16.4. The summed E-state index contributed by atoms with van der Waals surface area (Å²) in [6.45, 7) is 4.97. The number of aromatic nitrogens is 2. The third-order valence-corrected chi connectivity index (χ3v) is 6.75. The first-order valence-corrected chi connectivity index (χ1v) is 12.3. The Labute approximate surface area is 210 Å². The Morgan fingerprint density at radius 3 is 2.47 bits per heavy atom. The predicted molar refractivity (Wildman–Crippen MR) is 138 cm³/mol. The van der Waals surface area contributed by atoms with E-state index in [1.54, 1.807) is 18.2 Å². The Bertz CT molecular complexity index is 1400. The smallest absolute Gasteiger partial charge is 0.243 e. The van der Waals surface area contributed by atoms with Crippen LogP contribution in [-0.4, -0.2) is 38.9 Å². The Morgan fingerprint density at radius 1 is 1.03 bits per heavy atom. The minimum atomic E-state index is -0.427. The normalized spacial score (nSPS) is 15.7. The Morgan fingerprint density at radius 2 is 1.72 bits per heavy atom. The van der Waals surface area contributed by atoms with E-state index >= 15 is 0 Å². The van der Waals surface area contributed by atoms with Gasteiger partial charge in [-0.2, -0.15) is 0 Å². The van der Waals surface area contributed by atoms with Crippen LogP contribution in [0.3, 0.4) is 0 Å². The second kappa shape index (κ2) is 9.93. The minimum Gasteiger partial charge on any atom is -0.334 e. The van der Waals surface area contributed by atoms with Gasteiger partial charge in [0.25, 0.3) is 0 Å². The van der Waals surface area contributed by atoms with E-state index in [0.717, 1.165) is 16.6 Å². The number of hydrogen-bond acceptors (Lipinski definition) is 3. The maximum Gasteiger partial charge on any atom is 0.243 e. The van der Waals surface area contributed by atoms with Crippen molar-refractivity contribution in [3.63, 3.8) is 0 Å². The number of benzene rings is 3. The molecule has 1 fully saturated rings. The molecule has 0 radical (unpaired) electrons. The molecule has 2 amide bonds. The van der Waals surface area contributed by atoms with Crippen LogP contribution in [0, 0.1) is 5.82 Å². The summed E-state index contributed by atoms with van der Waals surface area (Å²) in [5.74, 6) is -0.167. The molecule has 36 heavy (non-hydrogen) atoms. The lowest BCUT2D eigenvalue weighted by molar-refractivity contribution is -0.134. The molecule has 2 heterocycles. The maximum atomic E-state index is 14.4. The highest BCUT2D eigenvalue weighted by Gasteiger charge is 2.36. The van der Waals surface area contributed by atoms with Crippen LogP contribution in [0.25, 0.3) is 11.0 Å². The van der Waals surface area contributed by atoms with Crippen molar-refractivity contribution < 1.29 is 14.0 Å². The fraction of sp³-hybridized carbons (Fsp3) is 0.276. The van der Waals surface area contributed by atoms with Crippen LogP contribution in [-0.2, 0) is 22.7 Å². The Hall–Kier alpha value is -4.00. The van der Waals surface area contributed by atoms with Crippen LogP contribution in [0.15, 0.2) is 78.9 Å². The quantitative estimate of drug-likeness (QED) is 0.365. The van der Waals surface area contributed by atoms with Crippen molar-refractivity contribution in [2.24, 2.45) is 0 Å². The molecular weight excluding hydrogens is 455 g/mol. The van der Waals surface area contributed by atoms with Gasteiger partial charge < -0.3 is 14.4 Å². The average molecular weight is 485 g/mol. The molecule has 1 atom stereocenters. The molecule has 6 nitrogen and oxygen atoms in total. The predicted octanol–water partition coefficient (Wildman–Crippen LogP) is 5.13. The van der Waals surface area contributed by atoms with E-state index in [0.29, 0.717) is 18.9 Å². The summed E-state index contributed by atoms with van der Waals surface area (Å²) in [4.78, 5) is 34.7. The summed E-state index contributed by atoms with van der Waals surface area (Å²) in [6.07, 6.45) is 0.212. The molecule has 1 aliphatic rings. The van der Waals surface area contributed by atoms with Crippen molar-refractivity contribution in [3.05, 3.63) is 96.1 Å². The second-order valence-electron chi connectivity index (χ2n) is 9.50. The van der Waals surface area contributed by atoms with Crippen molar-refractivity contribution in [1.29, 1.82) is 0 Å². The summed E-state index contributed by atoms with van der Waals surface area (Å²) >= 11 is 0. The van der Waals surface area contributed by atoms with Crippen LogP contribution in [0.5, 0.6) is 0 Å². The van der Waals surface area contributed by atoms with Crippen LogP contribution in [0.1, 0.15) is 37.6 Å². The fourth-order valence-corrected chi connectivity index (χ4v) is 4.92. The molecule has 1 aromatic heterocycles. The lowest BCUT2D eigenvalue weighted by Crippen LogP contribution is -2.39. The van der Waals surface area contributed by atoms with Crippen LogP contribution in [0.2, 0.25) is 0 Å². The minimum absolute atomic E-state index is 0.0144. The first-order valence-electron chi connectivity index (χ1n) is 12.3. The molecule has 1 aliphatic heterocycles. The van der Waals surface area contributed by atoms with Gasteiger partial charge in [-0.3, -0.25) is 9.59 Å². The number of carbonyl (C=O) groups excluding carboxylic acids is 2. The van der Waals surface area contributed by atoms with Crippen molar-refractivity contribution >= 4 is 28.5 Å². The fourth-order valence-electron chi connectivity index (χ4n) is 4.92. The van der Waals surface area contributed by atoms with E-state index in [1.807, 2.05) is 77.9 Å². The molecule has 184 valence electrons. The van der Waals surface area contributed by atoms with Gasteiger partial charge in [0.15, 0.2) is 0 Å². The number of rotatable bonds is 7. The van der Waals surface area contributed by atoms with Gasteiger partial charge in [0.2, 0.25) is 11.8 Å². The molecule has 1 unspecified atom stereocenters. The van der Waals surface area contributed by atoms with Crippen molar-refractivity contribution in [2.75, 3.05) is 11.4 Å².